The van der Waals surface area contributed by atoms with Gasteiger partial charge in [-0.2, -0.15) is 4.31 Å². The molecule has 0 amide bonds. The van der Waals surface area contributed by atoms with E-state index in [0.29, 0.717) is 18.8 Å². The van der Waals surface area contributed by atoms with Crippen molar-refractivity contribution in [3.8, 4) is 0 Å². The Hall–Kier alpha value is -0.890. The van der Waals surface area contributed by atoms with Gasteiger partial charge in [-0.1, -0.05) is 0 Å². The van der Waals surface area contributed by atoms with Crippen LogP contribution < -0.4 is 0 Å². The first-order valence-electron chi connectivity index (χ1n) is 6.75. The molecule has 1 saturated heterocycles. The van der Waals surface area contributed by atoms with Gasteiger partial charge in [0, 0.05) is 44.1 Å². The summed E-state index contributed by atoms with van der Waals surface area (Å²) in [5.41, 5.74) is 0.596. The van der Waals surface area contributed by atoms with Crippen LogP contribution in [0.1, 0.15) is 19.5 Å². The fraction of sp³-hybridized carbons (Fsp3) is 0.692. The van der Waals surface area contributed by atoms with Crippen LogP contribution in [0.15, 0.2) is 17.2 Å². The van der Waals surface area contributed by atoms with Crippen molar-refractivity contribution in [2.24, 2.45) is 7.05 Å². The molecule has 1 aromatic rings. The fourth-order valence-electron chi connectivity index (χ4n) is 2.58. The van der Waals surface area contributed by atoms with Crippen molar-refractivity contribution < 1.29 is 13.5 Å². The van der Waals surface area contributed by atoms with E-state index in [-0.39, 0.29) is 23.6 Å². The SMILES string of the molecule is CC1CN(S(=O)(=O)c2cc(CO)n(C)c2)CC(C)N1C. The van der Waals surface area contributed by atoms with Gasteiger partial charge in [-0.05, 0) is 27.0 Å². The first kappa shape index (κ1) is 15.5. The number of rotatable bonds is 3. The number of hydrogen-bond donors (Lipinski definition) is 1. The fourth-order valence-corrected chi connectivity index (χ4v) is 4.27. The highest BCUT2D eigenvalue weighted by molar-refractivity contribution is 7.89. The van der Waals surface area contributed by atoms with Gasteiger partial charge in [0.1, 0.15) is 4.90 Å². The number of aryl methyl sites for hydroxylation is 1. The summed E-state index contributed by atoms with van der Waals surface area (Å²) in [5, 5.41) is 9.19. The van der Waals surface area contributed by atoms with Crippen LogP contribution in [0.4, 0.5) is 0 Å². The summed E-state index contributed by atoms with van der Waals surface area (Å²) in [6.07, 6.45) is 1.56. The van der Waals surface area contributed by atoms with Crippen LogP contribution >= 0.6 is 0 Å². The summed E-state index contributed by atoms with van der Waals surface area (Å²) < 4.78 is 28.5. The van der Waals surface area contributed by atoms with Crippen LogP contribution in [-0.4, -0.2) is 59.5 Å². The molecule has 20 heavy (non-hydrogen) atoms. The molecule has 2 atom stereocenters. The second kappa shape index (κ2) is 5.48. The normalized spacial score (nSPS) is 26.1. The topological polar surface area (TPSA) is 65.8 Å². The van der Waals surface area contributed by atoms with Crippen molar-refractivity contribution in [3.63, 3.8) is 0 Å². The van der Waals surface area contributed by atoms with E-state index in [1.807, 2.05) is 20.9 Å². The van der Waals surface area contributed by atoms with Crippen molar-refractivity contribution in [3.05, 3.63) is 18.0 Å². The van der Waals surface area contributed by atoms with Crippen molar-refractivity contribution in [1.82, 2.24) is 13.8 Å². The maximum atomic E-state index is 12.7. The molecule has 0 aliphatic carbocycles. The van der Waals surface area contributed by atoms with E-state index in [0.717, 1.165) is 0 Å². The minimum atomic E-state index is -3.49. The second-order valence-corrected chi connectivity index (χ2v) is 7.56. The van der Waals surface area contributed by atoms with E-state index in [1.54, 1.807) is 28.2 Å². The average molecular weight is 301 g/mol. The Morgan fingerprint density at radius 1 is 1.25 bits per heavy atom. The number of aliphatic hydroxyl groups is 1. The molecular formula is C13H23N3O3S. The Morgan fingerprint density at radius 3 is 2.25 bits per heavy atom. The summed E-state index contributed by atoms with van der Waals surface area (Å²) in [4.78, 5) is 2.45. The first-order chi connectivity index (χ1) is 9.27. The Kier molecular flexibility index (Phi) is 4.24. The minimum Gasteiger partial charge on any atom is -0.390 e. The lowest BCUT2D eigenvalue weighted by molar-refractivity contribution is 0.105. The highest BCUT2D eigenvalue weighted by Crippen LogP contribution is 2.23. The second-order valence-electron chi connectivity index (χ2n) is 5.62. The summed E-state index contributed by atoms with van der Waals surface area (Å²) >= 11 is 0. The number of hydrogen-bond acceptors (Lipinski definition) is 4. The lowest BCUT2D eigenvalue weighted by atomic mass is 10.1. The molecule has 6 nitrogen and oxygen atoms in total. The number of likely N-dealkylation sites (N-methyl/N-ethyl adjacent to an activating group) is 1. The zero-order valence-electron chi connectivity index (χ0n) is 12.4. The lowest BCUT2D eigenvalue weighted by Gasteiger charge is -2.41. The third kappa shape index (κ3) is 2.63. The molecule has 114 valence electrons. The monoisotopic (exact) mass is 301 g/mol. The molecular weight excluding hydrogens is 278 g/mol. The third-order valence-electron chi connectivity index (χ3n) is 4.21. The van der Waals surface area contributed by atoms with Crippen LogP contribution in [0.5, 0.6) is 0 Å². The van der Waals surface area contributed by atoms with Crippen molar-refractivity contribution >= 4 is 10.0 Å². The van der Waals surface area contributed by atoms with Gasteiger partial charge in [-0.3, -0.25) is 4.90 Å². The van der Waals surface area contributed by atoms with E-state index in [4.69, 9.17) is 0 Å². The molecule has 0 radical (unpaired) electrons. The highest BCUT2D eigenvalue weighted by atomic mass is 32.2. The highest BCUT2D eigenvalue weighted by Gasteiger charge is 2.34. The largest absolute Gasteiger partial charge is 0.390 e. The molecule has 1 N–H and O–H groups in total. The number of aliphatic hydroxyl groups excluding tert-OH is 1. The molecule has 0 spiro atoms. The van der Waals surface area contributed by atoms with E-state index < -0.39 is 10.0 Å². The van der Waals surface area contributed by atoms with Gasteiger partial charge in [0.25, 0.3) is 0 Å². The van der Waals surface area contributed by atoms with Gasteiger partial charge in [-0.25, -0.2) is 8.42 Å². The zero-order chi connectivity index (χ0) is 15.1. The predicted molar refractivity (Wildman–Crippen MR) is 76.8 cm³/mol. The van der Waals surface area contributed by atoms with Crippen LogP contribution in [0, 0.1) is 0 Å². The van der Waals surface area contributed by atoms with E-state index in [1.165, 1.54) is 0 Å². The maximum Gasteiger partial charge on any atom is 0.244 e. The minimum absolute atomic E-state index is 0.165. The number of nitrogens with zero attached hydrogens (tertiary/aromatic N) is 3. The van der Waals surface area contributed by atoms with Crippen LogP contribution in [0.3, 0.4) is 0 Å². The number of aromatic nitrogens is 1. The van der Waals surface area contributed by atoms with Crippen LogP contribution in [0.2, 0.25) is 0 Å². The zero-order valence-corrected chi connectivity index (χ0v) is 13.3. The molecule has 0 aromatic carbocycles. The molecule has 2 rings (SSSR count). The molecule has 1 aliphatic heterocycles. The van der Waals surface area contributed by atoms with Gasteiger partial charge < -0.3 is 9.67 Å². The van der Waals surface area contributed by atoms with E-state index in [9.17, 15) is 13.5 Å². The van der Waals surface area contributed by atoms with Gasteiger partial charge in [-0.15, -0.1) is 0 Å². The Balaban J connectivity index is 2.30. The molecule has 2 heterocycles. The molecule has 7 heteroatoms. The van der Waals surface area contributed by atoms with E-state index >= 15 is 0 Å². The van der Waals surface area contributed by atoms with Crippen molar-refractivity contribution in [2.45, 2.75) is 37.4 Å². The Bertz CT molecular complexity index is 570. The summed E-state index contributed by atoms with van der Waals surface area (Å²) in [5.74, 6) is 0. The van der Waals surface area contributed by atoms with Crippen molar-refractivity contribution in [1.29, 1.82) is 0 Å². The summed E-state index contributed by atoms with van der Waals surface area (Å²) in [7, 11) is 0.267. The number of sulfonamides is 1. The van der Waals surface area contributed by atoms with Gasteiger partial charge in [0.15, 0.2) is 0 Å². The maximum absolute atomic E-state index is 12.7. The lowest BCUT2D eigenvalue weighted by Crippen LogP contribution is -2.56. The smallest absolute Gasteiger partial charge is 0.244 e. The standard InChI is InChI=1S/C13H23N3O3S/c1-10-6-16(7-11(2)15(10)4)20(18,19)13-5-12(9-17)14(3)8-13/h5,8,10-11,17H,6-7,9H2,1-4H3. The van der Waals surface area contributed by atoms with Crippen LogP contribution in [-0.2, 0) is 23.7 Å². The molecule has 2 unspecified atom stereocenters. The third-order valence-corrected chi connectivity index (χ3v) is 6.01. The van der Waals surface area contributed by atoms with Crippen molar-refractivity contribution in [2.75, 3.05) is 20.1 Å². The van der Waals surface area contributed by atoms with Gasteiger partial charge in [0.2, 0.25) is 10.0 Å². The quantitative estimate of drug-likeness (QED) is 0.868. The first-order valence-corrected chi connectivity index (χ1v) is 8.19. The Labute approximate surface area is 120 Å². The molecule has 1 aliphatic rings. The molecule has 0 bridgehead atoms. The molecule has 1 fully saturated rings. The average Bonchev–Trinajstić information content (AvgIpc) is 2.77. The summed E-state index contributed by atoms with van der Waals surface area (Å²) in [6.45, 7) is 4.88. The molecule has 0 saturated carbocycles. The van der Waals surface area contributed by atoms with Gasteiger partial charge >= 0.3 is 0 Å². The number of piperazine rings is 1. The predicted octanol–water partition coefficient (Wildman–Crippen LogP) is 0.231. The molecule has 1 aromatic heterocycles. The Morgan fingerprint density at radius 2 is 1.80 bits per heavy atom. The van der Waals surface area contributed by atoms with Crippen LogP contribution in [0.25, 0.3) is 0 Å². The van der Waals surface area contributed by atoms with E-state index in [2.05, 4.69) is 4.90 Å². The van der Waals surface area contributed by atoms with Gasteiger partial charge in [0.05, 0.1) is 6.61 Å². The summed E-state index contributed by atoms with van der Waals surface area (Å²) in [6, 6.07) is 1.92.